The van der Waals surface area contributed by atoms with E-state index in [0.29, 0.717) is 0 Å². The maximum Gasteiger partial charge on any atom is 0.00248 e. The molecular weight excluding hydrogens is 233 g/mol. The lowest BCUT2D eigenvalue weighted by atomic mass is 10.1. The summed E-state index contributed by atoms with van der Waals surface area (Å²) in [5.74, 6) is 0. The molecule has 16 heavy (non-hydrogen) atoms. The lowest BCUT2D eigenvalue weighted by molar-refractivity contribution is 0.436. The first kappa shape index (κ1) is 12.3. The maximum atomic E-state index is 6.01. The van der Waals surface area contributed by atoms with Crippen molar-refractivity contribution in [2.45, 2.75) is 12.8 Å². The number of fused-ring (bicyclic) bond motifs is 1. The van der Waals surface area contributed by atoms with Crippen LogP contribution < -0.4 is 5.30 Å². The standard InChI is InChI=1S/C13H20NPS/c1-14(2)9-11-15(16)10-5-7-12-6-3-4-8-13(12)15/h3-4,6,8H,5,7,9-11H2,1-2H3. The van der Waals surface area contributed by atoms with E-state index in [1.807, 2.05) is 0 Å². The van der Waals surface area contributed by atoms with Crippen LogP contribution in [-0.4, -0.2) is 37.9 Å². The predicted octanol–water partition coefficient (Wildman–Crippen LogP) is 2.30. The number of hydrogen-bond donors (Lipinski definition) is 0. The minimum Gasteiger partial charge on any atom is -0.309 e. The quantitative estimate of drug-likeness (QED) is 0.760. The summed E-state index contributed by atoms with van der Waals surface area (Å²) in [6.45, 7) is 1.13. The van der Waals surface area contributed by atoms with E-state index in [4.69, 9.17) is 11.8 Å². The van der Waals surface area contributed by atoms with Crippen LogP contribution in [0.25, 0.3) is 0 Å². The molecule has 1 aliphatic rings. The van der Waals surface area contributed by atoms with Gasteiger partial charge in [-0.05, 0) is 56.2 Å². The van der Waals surface area contributed by atoms with Crippen molar-refractivity contribution in [1.82, 2.24) is 4.90 Å². The van der Waals surface area contributed by atoms with Crippen molar-refractivity contribution in [3.05, 3.63) is 29.8 Å². The van der Waals surface area contributed by atoms with Crippen LogP contribution in [0.2, 0.25) is 0 Å². The molecule has 1 aliphatic heterocycles. The summed E-state index contributed by atoms with van der Waals surface area (Å²) in [6, 6.07) is 7.59. The summed E-state index contributed by atoms with van der Waals surface area (Å²) < 4.78 is 0. The van der Waals surface area contributed by atoms with Gasteiger partial charge in [-0.15, -0.1) is 0 Å². The lowest BCUT2D eigenvalue weighted by Gasteiger charge is -2.30. The second-order valence-electron chi connectivity index (χ2n) is 4.87. The van der Waals surface area contributed by atoms with Crippen LogP contribution in [0.15, 0.2) is 24.3 Å². The van der Waals surface area contributed by atoms with Gasteiger partial charge in [-0.1, -0.05) is 36.1 Å². The fraction of sp³-hybridized carbons (Fsp3) is 0.538. The third-order valence-corrected chi connectivity index (χ3v) is 8.27. The monoisotopic (exact) mass is 253 g/mol. The van der Waals surface area contributed by atoms with Crippen LogP contribution in [0.1, 0.15) is 12.0 Å². The fourth-order valence-corrected chi connectivity index (χ4v) is 6.69. The first-order valence-corrected chi connectivity index (χ1v) is 9.10. The molecule has 0 N–H and O–H groups in total. The van der Waals surface area contributed by atoms with Gasteiger partial charge in [0.2, 0.25) is 0 Å². The second-order valence-corrected chi connectivity index (χ2v) is 10.1. The highest BCUT2D eigenvalue weighted by Gasteiger charge is 2.25. The molecule has 0 aliphatic carbocycles. The molecule has 0 aromatic heterocycles. The van der Waals surface area contributed by atoms with Crippen molar-refractivity contribution < 1.29 is 0 Å². The van der Waals surface area contributed by atoms with Gasteiger partial charge >= 0.3 is 0 Å². The molecule has 1 atom stereocenters. The minimum absolute atomic E-state index is 1.13. The van der Waals surface area contributed by atoms with Crippen LogP contribution in [-0.2, 0) is 18.2 Å². The molecule has 1 aromatic carbocycles. The topological polar surface area (TPSA) is 3.24 Å². The zero-order valence-electron chi connectivity index (χ0n) is 10.1. The van der Waals surface area contributed by atoms with Gasteiger partial charge in [-0.25, -0.2) is 0 Å². The fourth-order valence-electron chi connectivity index (χ4n) is 2.36. The van der Waals surface area contributed by atoms with E-state index in [1.54, 1.807) is 0 Å². The Kier molecular flexibility index (Phi) is 3.84. The Labute approximate surface area is 104 Å². The van der Waals surface area contributed by atoms with Gasteiger partial charge in [-0.3, -0.25) is 0 Å². The molecule has 1 aromatic rings. The van der Waals surface area contributed by atoms with Gasteiger partial charge in [0.1, 0.15) is 0 Å². The lowest BCUT2D eigenvalue weighted by Crippen LogP contribution is -2.25. The molecular formula is C13H20NPS. The van der Waals surface area contributed by atoms with Crippen molar-refractivity contribution >= 4 is 23.1 Å². The zero-order valence-corrected chi connectivity index (χ0v) is 11.9. The third kappa shape index (κ3) is 2.56. The second kappa shape index (κ2) is 5.00. The van der Waals surface area contributed by atoms with Crippen LogP contribution in [0.4, 0.5) is 0 Å². The molecule has 3 heteroatoms. The summed E-state index contributed by atoms with van der Waals surface area (Å²) in [5.41, 5.74) is 1.52. The molecule has 0 saturated carbocycles. The highest BCUT2D eigenvalue weighted by Crippen LogP contribution is 2.48. The molecule has 88 valence electrons. The van der Waals surface area contributed by atoms with Crippen molar-refractivity contribution in [3.63, 3.8) is 0 Å². The van der Waals surface area contributed by atoms with Gasteiger partial charge in [0.05, 0.1) is 0 Å². The van der Waals surface area contributed by atoms with Gasteiger partial charge in [0.25, 0.3) is 0 Å². The van der Waals surface area contributed by atoms with Crippen molar-refractivity contribution in [2.75, 3.05) is 33.0 Å². The molecule has 1 unspecified atom stereocenters. The maximum absolute atomic E-state index is 6.01. The van der Waals surface area contributed by atoms with E-state index in [-0.39, 0.29) is 0 Å². The molecule has 2 rings (SSSR count). The Morgan fingerprint density at radius 1 is 1.31 bits per heavy atom. The Hall–Kier alpha value is -0.170. The number of hydrogen-bond acceptors (Lipinski definition) is 2. The van der Waals surface area contributed by atoms with Crippen molar-refractivity contribution in [2.24, 2.45) is 0 Å². The predicted molar refractivity (Wildman–Crippen MR) is 77.0 cm³/mol. The minimum atomic E-state index is -1.27. The number of benzene rings is 1. The van der Waals surface area contributed by atoms with E-state index in [2.05, 4.69) is 43.3 Å². The average Bonchev–Trinajstić information content (AvgIpc) is 2.27. The number of aryl methyl sites for hydroxylation is 1. The average molecular weight is 253 g/mol. The van der Waals surface area contributed by atoms with E-state index in [0.717, 1.165) is 6.54 Å². The van der Waals surface area contributed by atoms with E-state index >= 15 is 0 Å². The molecule has 0 bridgehead atoms. The van der Waals surface area contributed by atoms with Crippen LogP contribution in [0.5, 0.6) is 0 Å². The van der Waals surface area contributed by atoms with Gasteiger partial charge in [0.15, 0.2) is 0 Å². The molecule has 1 heterocycles. The summed E-state index contributed by atoms with van der Waals surface area (Å²) in [6.07, 6.45) is 5.00. The summed E-state index contributed by atoms with van der Waals surface area (Å²) >= 11 is 6.01. The van der Waals surface area contributed by atoms with E-state index < -0.39 is 6.04 Å². The highest BCUT2D eigenvalue weighted by atomic mass is 32.4. The Bertz CT molecular complexity index is 414. The normalized spacial score (nSPS) is 24.4. The van der Waals surface area contributed by atoms with Crippen molar-refractivity contribution in [1.29, 1.82) is 0 Å². The Morgan fingerprint density at radius 2 is 2.06 bits per heavy atom. The summed E-state index contributed by atoms with van der Waals surface area (Å²) in [4.78, 5) is 2.26. The SMILES string of the molecule is CN(C)CCP1(=S)CCCc2ccccc21. The number of rotatable bonds is 3. The largest absolute Gasteiger partial charge is 0.309 e. The molecule has 0 amide bonds. The summed E-state index contributed by atoms with van der Waals surface area (Å²) in [5, 5.41) is 1.53. The zero-order chi connectivity index (χ0) is 11.6. The summed E-state index contributed by atoms with van der Waals surface area (Å²) in [7, 11) is 4.27. The van der Waals surface area contributed by atoms with Gasteiger partial charge in [-0.2, -0.15) is 0 Å². The molecule has 0 saturated heterocycles. The third-order valence-electron chi connectivity index (χ3n) is 3.30. The van der Waals surface area contributed by atoms with Gasteiger partial charge in [0, 0.05) is 6.54 Å². The Morgan fingerprint density at radius 3 is 2.81 bits per heavy atom. The highest BCUT2D eigenvalue weighted by molar-refractivity contribution is 8.18. The first-order chi connectivity index (χ1) is 7.62. The van der Waals surface area contributed by atoms with Crippen LogP contribution in [0.3, 0.4) is 0 Å². The van der Waals surface area contributed by atoms with Gasteiger partial charge < -0.3 is 4.90 Å². The number of nitrogens with zero attached hydrogens (tertiary/aromatic N) is 1. The first-order valence-electron chi connectivity index (χ1n) is 5.93. The molecule has 0 fully saturated rings. The van der Waals surface area contributed by atoms with Crippen molar-refractivity contribution in [3.8, 4) is 0 Å². The molecule has 0 spiro atoms. The van der Waals surface area contributed by atoms with E-state index in [1.165, 1.54) is 36.0 Å². The molecule has 1 nitrogen and oxygen atoms in total. The van der Waals surface area contributed by atoms with E-state index in [9.17, 15) is 0 Å². The molecule has 0 radical (unpaired) electrons. The van der Waals surface area contributed by atoms with Crippen LogP contribution in [0, 0.1) is 0 Å². The van der Waals surface area contributed by atoms with Crippen LogP contribution >= 0.6 is 6.04 Å². The smallest absolute Gasteiger partial charge is 0.00248 e. The Balaban J connectivity index is 2.26.